The molecule has 0 bridgehead atoms. The summed E-state index contributed by atoms with van der Waals surface area (Å²) < 4.78 is 11.4. The highest BCUT2D eigenvalue weighted by Gasteiger charge is 2.18. The van der Waals surface area contributed by atoms with Crippen LogP contribution >= 0.6 is 15.9 Å². The van der Waals surface area contributed by atoms with Crippen molar-refractivity contribution in [1.29, 1.82) is 0 Å². The molecule has 0 N–H and O–H groups in total. The number of hydrogen-bond acceptors (Lipinski definition) is 5. The first-order chi connectivity index (χ1) is 11.0. The average molecular weight is 380 g/mol. The van der Waals surface area contributed by atoms with Gasteiger partial charge in [0.2, 0.25) is 0 Å². The lowest BCUT2D eigenvalue weighted by molar-refractivity contribution is -0.385. The van der Waals surface area contributed by atoms with E-state index >= 15 is 0 Å². The lowest BCUT2D eigenvalue weighted by atomic mass is 10.1. The Morgan fingerprint density at radius 1 is 1.22 bits per heavy atom. The molecule has 0 atom stereocenters. The van der Waals surface area contributed by atoms with Crippen molar-refractivity contribution in [3.05, 3.63) is 68.2 Å². The second-order valence-electron chi connectivity index (χ2n) is 4.65. The van der Waals surface area contributed by atoms with E-state index in [9.17, 15) is 14.9 Å². The van der Waals surface area contributed by atoms with Crippen LogP contribution in [0, 0.1) is 17.0 Å². The van der Waals surface area contributed by atoms with Crippen molar-refractivity contribution in [2.45, 2.75) is 6.92 Å². The SMILES string of the molecule is Cc1c(C(=O)OCCOc2cccc(Br)c2)cccc1[N+](=O)[O-]. The number of halogens is 1. The molecular weight excluding hydrogens is 366 g/mol. The van der Waals surface area contributed by atoms with Crippen LogP contribution in [0.5, 0.6) is 5.75 Å². The number of carbonyl (C=O) groups is 1. The van der Waals surface area contributed by atoms with Gasteiger partial charge in [-0.3, -0.25) is 10.1 Å². The van der Waals surface area contributed by atoms with Crippen LogP contribution in [0.3, 0.4) is 0 Å². The standard InChI is InChI=1S/C16H14BrNO5/c1-11-14(6-3-7-15(11)18(20)21)16(19)23-9-8-22-13-5-2-4-12(17)10-13/h2-7,10H,8-9H2,1H3. The maximum atomic E-state index is 12.0. The molecule has 6 nitrogen and oxygen atoms in total. The number of carbonyl (C=O) groups excluding carboxylic acids is 1. The average Bonchev–Trinajstić information content (AvgIpc) is 2.51. The van der Waals surface area contributed by atoms with Crippen LogP contribution in [0.2, 0.25) is 0 Å². The van der Waals surface area contributed by atoms with E-state index < -0.39 is 10.9 Å². The summed E-state index contributed by atoms with van der Waals surface area (Å²) in [6.45, 7) is 1.76. The van der Waals surface area contributed by atoms with Gasteiger partial charge in [0, 0.05) is 16.1 Å². The van der Waals surface area contributed by atoms with Crippen LogP contribution in [-0.2, 0) is 4.74 Å². The molecule has 0 unspecified atom stereocenters. The zero-order valence-corrected chi connectivity index (χ0v) is 13.9. The lowest BCUT2D eigenvalue weighted by Crippen LogP contribution is -2.13. The van der Waals surface area contributed by atoms with Crippen molar-refractivity contribution in [3.8, 4) is 5.75 Å². The monoisotopic (exact) mass is 379 g/mol. The molecule has 0 amide bonds. The summed E-state index contributed by atoms with van der Waals surface area (Å²) in [5.74, 6) is 0.0472. The Kier molecular flexibility index (Phi) is 5.70. The van der Waals surface area contributed by atoms with E-state index in [-0.39, 0.29) is 30.0 Å². The van der Waals surface area contributed by atoms with Gasteiger partial charge in [-0.1, -0.05) is 28.1 Å². The Morgan fingerprint density at radius 2 is 1.96 bits per heavy atom. The molecule has 0 fully saturated rings. The first-order valence-corrected chi connectivity index (χ1v) is 7.58. The van der Waals surface area contributed by atoms with E-state index in [0.29, 0.717) is 5.75 Å². The zero-order valence-electron chi connectivity index (χ0n) is 12.3. The van der Waals surface area contributed by atoms with Crippen molar-refractivity contribution in [1.82, 2.24) is 0 Å². The number of hydrogen-bond donors (Lipinski definition) is 0. The highest BCUT2D eigenvalue weighted by atomic mass is 79.9. The van der Waals surface area contributed by atoms with E-state index in [1.54, 1.807) is 12.1 Å². The minimum Gasteiger partial charge on any atom is -0.490 e. The zero-order chi connectivity index (χ0) is 16.8. The Labute approximate surface area is 141 Å². The van der Waals surface area contributed by atoms with E-state index in [2.05, 4.69) is 15.9 Å². The summed E-state index contributed by atoms with van der Waals surface area (Å²) in [5, 5.41) is 10.9. The van der Waals surface area contributed by atoms with Gasteiger partial charge in [-0.05, 0) is 31.2 Å². The molecule has 0 aromatic heterocycles. The molecular formula is C16H14BrNO5. The van der Waals surface area contributed by atoms with Crippen LogP contribution in [-0.4, -0.2) is 24.1 Å². The molecule has 0 heterocycles. The fourth-order valence-corrected chi connectivity index (χ4v) is 2.35. The third kappa shape index (κ3) is 4.53. The number of nitro benzene ring substituents is 1. The second kappa shape index (κ2) is 7.73. The highest BCUT2D eigenvalue weighted by molar-refractivity contribution is 9.10. The Bertz CT molecular complexity index is 732. The van der Waals surface area contributed by atoms with Gasteiger partial charge in [0.05, 0.1) is 10.5 Å². The summed E-state index contributed by atoms with van der Waals surface area (Å²) in [4.78, 5) is 22.3. The summed E-state index contributed by atoms with van der Waals surface area (Å²) >= 11 is 3.33. The van der Waals surface area contributed by atoms with E-state index in [4.69, 9.17) is 9.47 Å². The fraction of sp³-hybridized carbons (Fsp3) is 0.188. The van der Waals surface area contributed by atoms with Gasteiger partial charge in [-0.15, -0.1) is 0 Å². The van der Waals surface area contributed by atoms with Crippen molar-refractivity contribution in [2.24, 2.45) is 0 Å². The van der Waals surface area contributed by atoms with Gasteiger partial charge >= 0.3 is 5.97 Å². The molecule has 0 saturated carbocycles. The predicted molar refractivity (Wildman–Crippen MR) is 87.8 cm³/mol. The molecule has 0 aliphatic heterocycles. The van der Waals surface area contributed by atoms with Crippen LogP contribution in [0.1, 0.15) is 15.9 Å². The number of benzene rings is 2. The number of nitro groups is 1. The first-order valence-electron chi connectivity index (χ1n) is 6.78. The third-order valence-corrected chi connectivity index (χ3v) is 3.60. The molecule has 2 rings (SSSR count). The van der Waals surface area contributed by atoms with Crippen molar-refractivity contribution in [3.63, 3.8) is 0 Å². The molecule has 120 valence electrons. The minimum absolute atomic E-state index is 0.0491. The van der Waals surface area contributed by atoms with Crippen LogP contribution in [0.15, 0.2) is 46.9 Å². The summed E-state index contributed by atoms with van der Waals surface area (Å²) in [6, 6.07) is 11.6. The molecule has 7 heteroatoms. The van der Waals surface area contributed by atoms with E-state index in [0.717, 1.165) is 4.47 Å². The van der Waals surface area contributed by atoms with Crippen molar-refractivity contribution >= 4 is 27.6 Å². The van der Waals surface area contributed by atoms with E-state index in [1.807, 2.05) is 12.1 Å². The largest absolute Gasteiger partial charge is 0.490 e. The van der Waals surface area contributed by atoms with Gasteiger partial charge < -0.3 is 9.47 Å². The Hall–Kier alpha value is -2.41. The topological polar surface area (TPSA) is 78.7 Å². The molecule has 2 aromatic rings. The van der Waals surface area contributed by atoms with Gasteiger partial charge in [0.15, 0.2) is 0 Å². The summed E-state index contributed by atoms with van der Waals surface area (Å²) in [5.41, 5.74) is 0.363. The smallest absolute Gasteiger partial charge is 0.338 e. The summed E-state index contributed by atoms with van der Waals surface area (Å²) in [6.07, 6.45) is 0. The highest BCUT2D eigenvalue weighted by Crippen LogP contribution is 2.22. The van der Waals surface area contributed by atoms with Gasteiger partial charge in [-0.25, -0.2) is 4.79 Å². The molecule has 0 saturated heterocycles. The Morgan fingerprint density at radius 3 is 2.65 bits per heavy atom. The van der Waals surface area contributed by atoms with Crippen LogP contribution < -0.4 is 4.74 Å². The minimum atomic E-state index is -0.607. The predicted octanol–water partition coefficient (Wildman–Crippen LogP) is 3.90. The van der Waals surface area contributed by atoms with Crippen LogP contribution in [0.25, 0.3) is 0 Å². The van der Waals surface area contributed by atoms with Crippen molar-refractivity contribution in [2.75, 3.05) is 13.2 Å². The Balaban J connectivity index is 1.90. The van der Waals surface area contributed by atoms with Gasteiger partial charge in [0.1, 0.15) is 19.0 Å². The van der Waals surface area contributed by atoms with Gasteiger partial charge in [0.25, 0.3) is 5.69 Å². The fourth-order valence-electron chi connectivity index (χ4n) is 1.97. The summed E-state index contributed by atoms with van der Waals surface area (Å²) in [7, 11) is 0. The normalized spacial score (nSPS) is 10.2. The first kappa shape index (κ1) is 17.0. The maximum absolute atomic E-state index is 12.0. The molecule has 0 aliphatic rings. The number of esters is 1. The van der Waals surface area contributed by atoms with E-state index in [1.165, 1.54) is 25.1 Å². The molecule has 0 radical (unpaired) electrons. The van der Waals surface area contributed by atoms with Crippen molar-refractivity contribution < 1.29 is 19.2 Å². The number of rotatable bonds is 6. The second-order valence-corrected chi connectivity index (χ2v) is 5.56. The maximum Gasteiger partial charge on any atom is 0.338 e. The number of ether oxygens (including phenoxy) is 2. The quantitative estimate of drug-likeness (QED) is 0.329. The number of nitrogens with zero attached hydrogens (tertiary/aromatic N) is 1. The van der Waals surface area contributed by atoms with Crippen LogP contribution in [0.4, 0.5) is 5.69 Å². The molecule has 2 aromatic carbocycles. The van der Waals surface area contributed by atoms with Gasteiger partial charge in [-0.2, -0.15) is 0 Å². The molecule has 0 spiro atoms. The molecule has 0 aliphatic carbocycles. The molecule has 23 heavy (non-hydrogen) atoms. The third-order valence-electron chi connectivity index (χ3n) is 3.10. The lowest BCUT2D eigenvalue weighted by Gasteiger charge is -2.09.